The van der Waals surface area contributed by atoms with Crippen LogP contribution in [0.1, 0.15) is 6.92 Å². The molecule has 7 heteroatoms. The van der Waals surface area contributed by atoms with Gasteiger partial charge in [0.1, 0.15) is 6.54 Å². The first-order valence-electron chi connectivity index (χ1n) is 4.40. The zero-order valence-corrected chi connectivity index (χ0v) is 8.23. The number of carbonyl (C=O) groups excluding carboxylic acids is 1. The number of amides is 2. The number of nitrogens with zero attached hydrogens (tertiary/aromatic N) is 2. The zero-order valence-electron chi connectivity index (χ0n) is 8.23. The summed E-state index contributed by atoms with van der Waals surface area (Å²) in [6.07, 6.45) is 2.94. The second kappa shape index (κ2) is 4.99. The standard InChI is InChI=1S/C8H12N4O3/c1-2-12(5-7(13)14)8(15)11-6-3-9-10-4-6/h3-4H,2,5H2,1H3,(H,9,10)(H,11,15)(H,13,14). The first kappa shape index (κ1) is 11.0. The summed E-state index contributed by atoms with van der Waals surface area (Å²) in [5, 5.41) is 17.2. The highest BCUT2D eigenvalue weighted by molar-refractivity contribution is 5.90. The monoisotopic (exact) mass is 212 g/mol. The van der Waals surface area contributed by atoms with Gasteiger partial charge in [-0.15, -0.1) is 0 Å². The molecule has 0 bridgehead atoms. The normalized spacial score (nSPS) is 9.67. The largest absolute Gasteiger partial charge is 0.480 e. The molecule has 0 aliphatic rings. The van der Waals surface area contributed by atoms with Gasteiger partial charge < -0.3 is 15.3 Å². The molecule has 1 aromatic rings. The van der Waals surface area contributed by atoms with Gasteiger partial charge in [-0.25, -0.2) is 4.79 Å². The van der Waals surface area contributed by atoms with E-state index in [1.165, 1.54) is 17.3 Å². The van der Waals surface area contributed by atoms with Gasteiger partial charge in [-0.3, -0.25) is 9.89 Å². The van der Waals surface area contributed by atoms with E-state index < -0.39 is 12.0 Å². The minimum atomic E-state index is -1.04. The summed E-state index contributed by atoms with van der Waals surface area (Å²) < 4.78 is 0. The lowest BCUT2D eigenvalue weighted by Gasteiger charge is -2.18. The van der Waals surface area contributed by atoms with Crippen LogP contribution in [0.3, 0.4) is 0 Å². The molecule has 0 aromatic carbocycles. The fraction of sp³-hybridized carbons (Fsp3) is 0.375. The minimum Gasteiger partial charge on any atom is -0.480 e. The van der Waals surface area contributed by atoms with E-state index >= 15 is 0 Å². The van der Waals surface area contributed by atoms with Crippen LogP contribution < -0.4 is 5.32 Å². The number of rotatable bonds is 4. The van der Waals surface area contributed by atoms with Crippen LogP contribution >= 0.6 is 0 Å². The van der Waals surface area contributed by atoms with E-state index in [1.807, 2.05) is 0 Å². The van der Waals surface area contributed by atoms with E-state index in [4.69, 9.17) is 5.11 Å². The van der Waals surface area contributed by atoms with Gasteiger partial charge >= 0.3 is 12.0 Å². The van der Waals surface area contributed by atoms with Crippen LogP contribution in [0.25, 0.3) is 0 Å². The molecule has 1 aromatic heterocycles. The lowest BCUT2D eigenvalue weighted by atomic mass is 10.5. The molecule has 82 valence electrons. The van der Waals surface area contributed by atoms with E-state index in [0.717, 1.165) is 0 Å². The molecule has 3 N–H and O–H groups in total. The summed E-state index contributed by atoms with van der Waals surface area (Å²) in [5.41, 5.74) is 0.504. The van der Waals surface area contributed by atoms with Crippen molar-refractivity contribution < 1.29 is 14.7 Å². The summed E-state index contributed by atoms with van der Waals surface area (Å²) in [6.45, 7) is 1.72. The van der Waals surface area contributed by atoms with Crippen LogP contribution in [0.2, 0.25) is 0 Å². The molecule has 0 aliphatic heterocycles. The molecule has 2 amide bonds. The molecule has 0 unspecified atom stereocenters. The van der Waals surface area contributed by atoms with E-state index in [2.05, 4.69) is 15.5 Å². The Balaban J connectivity index is 2.54. The summed E-state index contributed by atoms with van der Waals surface area (Å²) in [4.78, 5) is 23.1. The van der Waals surface area contributed by atoms with Crippen LogP contribution in [0.15, 0.2) is 12.4 Å². The molecule has 0 aliphatic carbocycles. The molecular formula is C8H12N4O3. The van der Waals surface area contributed by atoms with Crippen LogP contribution in [0.4, 0.5) is 10.5 Å². The Hall–Kier alpha value is -2.05. The Kier molecular flexibility index (Phi) is 3.67. The Morgan fingerprint density at radius 2 is 2.40 bits per heavy atom. The topological polar surface area (TPSA) is 98.3 Å². The number of aromatic amines is 1. The smallest absolute Gasteiger partial charge is 0.323 e. The number of H-pyrrole nitrogens is 1. The van der Waals surface area contributed by atoms with Crippen molar-refractivity contribution in [3.05, 3.63) is 12.4 Å². The maximum atomic E-state index is 11.5. The molecule has 0 spiro atoms. The maximum Gasteiger partial charge on any atom is 0.323 e. The van der Waals surface area contributed by atoms with Crippen molar-refractivity contribution in [1.29, 1.82) is 0 Å². The van der Waals surface area contributed by atoms with Gasteiger partial charge in [0.25, 0.3) is 0 Å². The van der Waals surface area contributed by atoms with E-state index in [0.29, 0.717) is 12.2 Å². The van der Waals surface area contributed by atoms with Crippen molar-refractivity contribution in [2.45, 2.75) is 6.92 Å². The Bertz CT molecular complexity index is 336. The lowest BCUT2D eigenvalue weighted by Crippen LogP contribution is -2.38. The average molecular weight is 212 g/mol. The number of hydrogen-bond acceptors (Lipinski definition) is 3. The van der Waals surface area contributed by atoms with Gasteiger partial charge in [0.2, 0.25) is 0 Å². The number of urea groups is 1. The second-order valence-electron chi connectivity index (χ2n) is 2.83. The van der Waals surface area contributed by atoms with Crippen LogP contribution in [0, 0.1) is 0 Å². The third kappa shape index (κ3) is 3.29. The number of anilines is 1. The quantitative estimate of drug-likeness (QED) is 0.670. The molecule has 0 radical (unpaired) electrons. The predicted octanol–water partition coefficient (Wildman–Crippen LogP) is 0.348. The van der Waals surface area contributed by atoms with E-state index in [9.17, 15) is 9.59 Å². The number of aliphatic carboxylic acids is 1. The first-order valence-corrected chi connectivity index (χ1v) is 4.40. The van der Waals surface area contributed by atoms with Crippen molar-refractivity contribution >= 4 is 17.7 Å². The fourth-order valence-electron chi connectivity index (χ4n) is 1.01. The number of aromatic nitrogens is 2. The van der Waals surface area contributed by atoms with Crippen LogP contribution in [-0.4, -0.2) is 45.3 Å². The molecule has 0 saturated heterocycles. The number of nitrogens with one attached hydrogen (secondary N) is 2. The molecule has 0 saturated carbocycles. The minimum absolute atomic E-state index is 0.319. The first-order chi connectivity index (χ1) is 7.13. The molecule has 0 atom stereocenters. The van der Waals surface area contributed by atoms with Gasteiger partial charge in [0.05, 0.1) is 11.9 Å². The molecule has 7 nitrogen and oxygen atoms in total. The lowest BCUT2D eigenvalue weighted by molar-refractivity contribution is -0.137. The van der Waals surface area contributed by atoms with Crippen LogP contribution in [0.5, 0.6) is 0 Å². The number of hydrogen-bond donors (Lipinski definition) is 3. The highest BCUT2D eigenvalue weighted by Crippen LogP contribution is 2.03. The summed E-state index contributed by atoms with van der Waals surface area (Å²) >= 11 is 0. The van der Waals surface area contributed by atoms with Gasteiger partial charge in [-0.2, -0.15) is 5.10 Å². The SMILES string of the molecule is CCN(CC(=O)O)C(=O)Nc1cn[nH]c1. The van der Waals surface area contributed by atoms with Crippen molar-refractivity contribution in [1.82, 2.24) is 15.1 Å². The maximum absolute atomic E-state index is 11.5. The highest BCUT2D eigenvalue weighted by atomic mass is 16.4. The molecule has 1 rings (SSSR count). The summed E-state index contributed by atoms with van der Waals surface area (Å²) in [7, 11) is 0. The summed E-state index contributed by atoms with van der Waals surface area (Å²) in [5.74, 6) is -1.04. The van der Waals surface area contributed by atoms with Crippen molar-refractivity contribution in [3.63, 3.8) is 0 Å². The van der Waals surface area contributed by atoms with Gasteiger partial charge in [0, 0.05) is 12.7 Å². The third-order valence-corrected chi connectivity index (χ3v) is 1.74. The van der Waals surface area contributed by atoms with Crippen molar-refractivity contribution in [2.24, 2.45) is 0 Å². The molecule has 15 heavy (non-hydrogen) atoms. The van der Waals surface area contributed by atoms with Gasteiger partial charge in [-0.05, 0) is 6.92 Å². The molecule has 1 heterocycles. The zero-order chi connectivity index (χ0) is 11.3. The Morgan fingerprint density at radius 1 is 1.67 bits per heavy atom. The number of carboxylic acids is 1. The van der Waals surface area contributed by atoms with Gasteiger partial charge in [0.15, 0.2) is 0 Å². The van der Waals surface area contributed by atoms with Gasteiger partial charge in [-0.1, -0.05) is 0 Å². The second-order valence-corrected chi connectivity index (χ2v) is 2.83. The average Bonchev–Trinajstić information content (AvgIpc) is 2.66. The van der Waals surface area contributed by atoms with Crippen molar-refractivity contribution in [3.8, 4) is 0 Å². The highest BCUT2D eigenvalue weighted by Gasteiger charge is 2.14. The van der Waals surface area contributed by atoms with Crippen LogP contribution in [-0.2, 0) is 4.79 Å². The van der Waals surface area contributed by atoms with E-state index in [-0.39, 0.29) is 6.54 Å². The Labute approximate surface area is 86.1 Å². The summed E-state index contributed by atoms with van der Waals surface area (Å²) in [6, 6.07) is -0.457. The van der Waals surface area contributed by atoms with Crippen molar-refractivity contribution in [2.75, 3.05) is 18.4 Å². The third-order valence-electron chi connectivity index (χ3n) is 1.74. The molecular weight excluding hydrogens is 200 g/mol. The fourth-order valence-corrected chi connectivity index (χ4v) is 1.01. The molecule has 0 fully saturated rings. The number of carboxylic acid groups (broad SMARTS) is 1. The number of carbonyl (C=O) groups is 2. The van der Waals surface area contributed by atoms with E-state index in [1.54, 1.807) is 6.92 Å². The number of likely N-dealkylation sites (N-methyl/N-ethyl adjacent to an activating group) is 1. The predicted molar refractivity (Wildman–Crippen MR) is 52.5 cm³/mol. The Morgan fingerprint density at radius 3 is 2.87 bits per heavy atom.